The van der Waals surface area contributed by atoms with Gasteiger partial charge in [0.15, 0.2) is 0 Å². The van der Waals surface area contributed by atoms with Crippen LogP contribution in [0.5, 0.6) is 5.75 Å². The Kier molecular flexibility index (Phi) is 6.91. The van der Waals surface area contributed by atoms with Gasteiger partial charge < -0.3 is 19.1 Å². The van der Waals surface area contributed by atoms with Crippen molar-refractivity contribution in [1.29, 1.82) is 0 Å². The Balaban J connectivity index is 1.53. The van der Waals surface area contributed by atoms with Gasteiger partial charge in [0.25, 0.3) is 0 Å². The molecule has 1 saturated heterocycles. The van der Waals surface area contributed by atoms with Gasteiger partial charge in [-0.1, -0.05) is 32.0 Å². The Morgan fingerprint density at radius 1 is 1.12 bits per heavy atom. The molecule has 3 heterocycles. The highest BCUT2D eigenvalue weighted by molar-refractivity contribution is 5.81. The maximum Gasteiger partial charge on any atom is 0.303 e. The van der Waals surface area contributed by atoms with Crippen LogP contribution < -0.4 is 4.74 Å². The van der Waals surface area contributed by atoms with E-state index in [2.05, 4.69) is 10.5 Å². The monoisotopic (exact) mass is 463 g/mol. The van der Waals surface area contributed by atoms with E-state index < -0.39 is 11.4 Å². The fourth-order valence-corrected chi connectivity index (χ4v) is 4.93. The van der Waals surface area contributed by atoms with Crippen LogP contribution in [0.4, 0.5) is 0 Å². The quantitative estimate of drug-likeness (QED) is 0.508. The highest BCUT2D eigenvalue weighted by Crippen LogP contribution is 2.37. The number of carbonyl (C=O) groups is 2. The molecule has 1 N–H and O–H groups in total. The number of aromatic nitrogens is 2. The summed E-state index contributed by atoms with van der Waals surface area (Å²) in [6, 6.07) is 14.0. The lowest BCUT2D eigenvalue weighted by molar-refractivity contribution is -0.141. The topological polar surface area (TPSA) is 84.1 Å². The molecule has 1 amide bonds. The Bertz CT molecular complexity index is 1180. The molecule has 2 aromatic heterocycles. The molecule has 34 heavy (non-hydrogen) atoms. The number of imidazole rings is 1. The van der Waals surface area contributed by atoms with E-state index in [1.54, 1.807) is 7.11 Å². The van der Waals surface area contributed by atoms with Gasteiger partial charge in [-0.15, -0.1) is 0 Å². The van der Waals surface area contributed by atoms with Crippen molar-refractivity contribution in [2.75, 3.05) is 20.2 Å². The van der Waals surface area contributed by atoms with E-state index in [9.17, 15) is 14.7 Å². The third-order valence-corrected chi connectivity index (χ3v) is 7.16. The van der Waals surface area contributed by atoms with E-state index in [1.165, 1.54) is 0 Å². The van der Waals surface area contributed by atoms with Crippen molar-refractivity contribution in [2.45, 2.75) is 51.9 Å². The van der Waals surface area contributed by atoms with Gasteiger partial charge in [0, 0.05) is 37.2 Å². The van der Waals surface area contributed by atoms with E-state index in [4.69, 9.17) is 9.72 Å². The van der Waals surface area contributed by atoms with Crippen molar-refractivity contribution in [2.24, 2.45) is 5.41 Å². The number of likely N-dealkylation sites (tertiary alicyclic amines) is 1. The number of carboxylic acid groups (broad SMARTS) is 1. The third-order valence-electron chi connectivity index (χ3n) is 7.16. The molecule has 1 aliphatic rings. The Morgan fingerprint density at radius 2 is 1.82 bits per heavy atom. The zero-order chi connectivity index (χ0) is 24.3. The molecule has 7 nitrogen and oxygen atoms in total. The molecule has 0 aliphatic carbocycles. The number of fused-ring (bicyclic) bond motifs is 1. The minimum absolute atomic E-state index is 0.0114. The lowest BCUT2D eigenvalue weighted by Gasteiger charge is -2.34. The molecule has 1 unspecified atom stereocenters. The molecule has 1 fully saturated rings. The number of rotatable bonds is 8. The smallest absolute Gasteiger partial charge is 0.303 e. The summed E-state index contributed by atoms with van der Waals surface area (Å²) in [4.78, 5) is 31.2. The number of piperidine rings is 1. The molecule has 0 radical (unpaired) electrons. The van der Waals surface area contributed by atoms with Crippen LogP contribution in [0.25, 0.3) is 16.8 Å². The van der Waals surface area contributed by atoms with Gasteiger partial charge in [0.05, 0.1) is 19.0 Å². The summed E-state index contributed by atoms with van der Waals surface area (Å²) in [5.41, 5.74) is 2.39. The van der Waals surface area contributed by atoms with E-state index in [0.29, 0.717) is 19.5 Å². The second kappa shape index (κ2) is 9.87. The number of benzene rings is 1. The number of nitrogens with zero attached hydrogens (tertiary/aromatic N) is 3. The predicted molar refractivity (Wildman–Crippen MR) is 131 cm³/mol. The molecule has 4 rings (SSSR count). The van der Waals surface area contributed by atoms with Crippen molar-refractivity contribution in [3.63, 3.8) is 0 Å². The molecule has 0 spiro atoms. The number of hydrogen-bond acceptors (Lipinski definition) is 4. The Labute approximate surface area is 200 Å². The molecule has 180 valence electrons. The molecule has 1 aromatic carbocycles. The maximum absolute atomic E-state index is 13.0. The third kappa shape index (κ3) is 4.79. The zero-order valence-corrected chi connectivity index (χ0v) is 20.2. The van der Waals surface area contributed by atoms with Crippen molar-refractivity contribution < 1.29 is 19.4 Å². The van der Waals surface area contributed by atoms with E-state index in [-0.39, 0.29) is 24.7 Å². The van der Waals surface area contributed by atoms with Crippen molar-refractivity contribution in [1.82, 2.24) is 14.3 Å². The molecule has 1 aliphatic heterocycles. The highest BCUT2D eigenvalue weighted by Gasteiger charge is 2.33. The van der Waals surface area contributed by atoms with Gasteiger partial charge in [-0.2, -0.15) is 0 Å². The molecular formula is C27H33N3O4. The molecule has 3 aromatic rings. The van der Waals surface area contributed by atoms with Crippen molar-refractivity contribution >= 4 is 17.4 Å². The Morgan fingerprint density at radius 3 is 2.50 bits per heavy atom. The summed E-state index contributed by atoms with van der Waals surface area (Å²) < 4.78 is 7.74. The number of hydrogen-bond donors (Lipinski definition) is 1. The summed E-state index contributed by atoms with van der Waals surface area (Å²) in [6.07, 6.45) is 4.64. The van der Waals surface area contributed by atoms with Gasteiger partial charge in [-0.25, -0.2) is 4.98 Å². The lowest BCUT2D eigenvalue weighted by atomic mass is 9.80. The number of amides is 1. The van der Waals surface area contributed by atoms with E-state index in [1.807, 2.05) is 61.3 Å². The normalized spacial score (nSPS) is 16.4. The SMILES string of the molecule is CCC(C)(CC(=O)O)CC(=O)N1CCC(c2nc(-c3ccccc3OC)c3ccccn23)CC1. The number of aliphatic carboxylic acids is 1. The fraction of sp³-hybridized carbons (Fsp3) is 0.444. The number of carboxylic acids is 1. The average Bonchev–Trinajstić information content (AvgIpc) is 3.23. The van der Waals surface area contributed by atoms with Gasteiger partial charge in [-0.3, -0.25) is 9.59 Å². The number of methoxy groups -OCH3 is 1. The summed E-state index contributed by atoms with van der Waals surface area (Å²) >= 11 is 0. The van der Waals surface area contributed by atoms with Gasteiger partial charge >= 0.3 is 5.97 Å². The minimum atomic E-state index is -0.854. The first-order chi connectivity index (χ1) is 16.3. The zero-order valence-electron chi connectivity index (χ0n) is 20.2. The number of pyridine rings is 1. The highest BCUT2D eigenvalue weighted by atomic mass is 16.5. The van der Waals surface area contributed by atoms with Crippen LogP contribution in [-0.4, -0.2) is 51.5 Å². The molecule has 0 bridgehead atoms. The van der Waals surface area contributed by atoms with Crippen LogP contribution in [0.3, 0.4) is 0 Å². The van der Waals surface area contributed by atoms with Crippen LogP contribution in [0.15, 0.2) is 48.7 Å². The van der Waals surface area contributed by atoms with Crippen LogP contribution in [0.2, 0.25) is 0 Å². The van der Waals surface area contributed by atoms with Gasteiger partial charge in [-0.05, 0) is 48.9 Å². The summed E-state index contributed by atoms with van der Waals surface area (Å²) in [6.45, 7) is 5.15. The molecule has 7 heteroatoms. The van der Waals surface area contributed by atoms with Gasteiger partial charge in [0.1, 0.15) is 17.3 Å². The average molecular weight is 464 g/mol. The number of carbonyl (C=O) groups excluding carboxylic acids is 1. The van der Waals surface area contributed by atoms with E-state index >= 15 is 0 Å². The second-order valence-electron chi connectivity index (χ2n) is 9.54. The van der Waals surface area contributed by atoms with E-state index in [0.717, 1.165) is 41.2 Å². The predicted octanol–water partition coefficient (Wildman–Crippen LogP) is 5.00. The standard InChI is InChI=1S/C27H33N3O4/c1-4-27(2,18-24(32)33)17-23(31)29-15-12-19(13-16-29)26-28-25(21-10-7-8-14-30(21)26)20-9-5-6-11-22(20)34-3/h5-11,14,19H,4,12-13,15-18H2,1-3H3,(H,32,33). The first-order valence-corrected chi connectivity index (χ1v) is 11.9. The fourth-order valence-electron chi connectivity index (χ4n) is 4.93. The summed E-state index contributed by atoms with van der Waals surface area (Å²) in [7, 11) is 1.67. The molecule has 0 saturated carbocycles. The van der Waals surface area contributed by atoms with Crippen LogP contribution in [0, 0.1) is 5.41 Å². The molecule has 1 atom stereocenters. The van der Waals surface area contributed by atoms with Crippen LogP contribution in [0.1, 0.15) is 57.7 Å². The first-order valence-electron chi connectivity index (χ1n) is 11.9. The van der Waals surface area contributed by atoms with Crippen molar-refractivity contribution in [3.8, 4) is 17.0 Å². The largest absolute Gasteiger partial charge is 0.496 e. The Hall–Kier alpha value is -3.35. The summed E-state index contributed by atoms with van der Waals surface area (Å²) in [5, 5.41) is 9.23. The van der Waals surface area contributed by atoms with Crippen molar-refractivity contribution in [3.05, 3.63) is 54.5 Å². The second-order valence-corrected chi connectivity index (χ2v) is 9.54. The minimum Gasteiger partial charge on any atom is -0.496 e. The van der Waals surface area contributed by atoms with Crippen LogP contribution >= 0.6 is 0 Å². The molecular weight excluding hydrogens is 430 g/mol. The number of para-hydroxylation sites is 1. The summed E-state index contributed by atoms with van der Waals surface area (Å²) in [5.74, 6) is 1.23. The lowest BCUT2D eigenvalue weighted by Crippen LogP contribution is -2.40. The maximum atomic E-state index is 13.0. The first kappa shape index (κ1) is 23.8. The van der Waals surface area contributed by atoms with Crippen LogP contribution in [-0.2, 0) is 9.59 Å². The number of ether oxygens (including phenoxy) is 1. The van der Waals surface area contributed by atoms with Gasteiger partial charge in [0.2, 0.25) is 5.91 Å².